The van der Waals surface area contributed by atoms with Crippen molar-refractivity contribution < 1.29 is 23.1 Å². The number of fused-ring (bicyclic) bond motifs is 1. The molecular weight excluding hydrogens is 665 g/mol. The third kappa shape index (κ3) is 7.59. The van der Waals surface area contributed by atoms with Crippen LogP contribution in [0.5, 0.6) is 5.75 Å². The summed E-state index contributed by atoms with van der Waals surface area (Å²) in [5, 5.41) is 5.88. The highest BCUT2D eigenvalue weighted by molar-refractivity contribution is 7.20. The van der Waals surface area contributed by atoms with E-state index in [1.807, 2.05) is 24.3 Å². The van der Waals surface area contributed by atoms with Crippen LogP contribution in [0.2, 0.25) is 0 Å². The SMILES string of the molecule is CNC1(F)CC(C(=O)c2cc3cccc(F)c3s2)C(NCc2cc(-c3ccnc(C(=O)N(C)C)c3)ccc2OC)CC1Cl.Cl.Cl. The fourth-order valence-corrected chi connectivity index (χ4v) is 7.01. The van der Waals surface area contributed by atoms with Gasteiger partial charge in [-0.05, 0) is 66.4 Å². The Labute approximate surface area is 282 Å². The van der Waals surface area contributed by atoms with Crippen molar-refractivity contribution in [3.05, 3.63) is 82.7 Å². The van der Waals surface area contributed by atoms with Gasteiger partial charge in [-0.25, -0.2) is 8.78 Å². The molecule has 2 aromatic heterocycles. The summed E-state index contributed by atoms with van der Waals surface area (Å²) in [6, 6.07) is 15.2. The van der Waals surface area contributed by atoms with Crippen LogP contribution in [-0.2, 0) is 6.54 Å². The molecule has 0 radical (unpaired) electrons. The summed E-state index contributed by atoms with van der Waals surface area (Å²) in [6.45, 7) is 0.309. The average molecular weight is 700 g/mol. The number of methoxy groups -OCH3 is 1. The predicted molar refractivity (Wildman–Crippen MR) is 181 cm³/mol. The highest BCUT2D eigenvalue weighted by atomic mass is 35.5. The molecular formula is C32H35Cl3F2N4O3S. The van der Waals surface area contributed by atoms with E-state index in [4.69, 9.17) is 16.3 Å². The third-order valence-corrected chi connectivity index (χ3v) is 9.70. The molecule has 2 heterocycles. The molecule has 0 bridgehead atoms. The number of carbonyl (C=O) groups excluding carboxylic acids is 2. The minimum absolute atomic E-state index is 0. The molecule has 0 saturated heterocycles. The number of ether oxygens (including phenoxy) is 1. The van der Waals surface area contributed by atoms with Crippen LogP contribution in [0.1, 0.15) is 38.6 Å². The van der Waals surface area contributed by atoms with Gasteiger partial charge in [0.15, 0.2) is 11.6 Å². The lowest BCUT2D eigenvalue weighted by Crippen LogP contribution is -2.58. The van der Waals surface area contributed by atoms with E-state index in [1.165, 1.54) is 18.0 Å². The summed E-state index contributed by atoms with van der Waals surface area (Å²) in [4.78, 5) is 32.4. The number of hydrogen-bond donors (Lipinski definition) is 2. The van der Waals surface area contributed by atoms with Gasteiger partial charge in [-0.3, -0.25) is 19.9 Å². The van der Waals surface area contributed by atoms with Crippen molar-refractivity contribution in [2.24, 2.45) is 5.92 Å². The fourth-order valence-electron chi connectivity index (χ4n) is 5.55. The standard InChI is InChI=1S/C32H33ClF2N4O3S.2ClH/c1-36-32(35)16-22(29(40)27-14-20-6-5-7-23(34)30(20)43-27)24(15-28(32)33)38-17-21-12-18(8-9-26(21)42-4)19-10-11-37-25(13-19)31(41)39(2)3;;/h5-14,22,24,28,36,38H,15-17H2,1-4H3;2*1H. The van der Waals surface area contributed by atoms with Gasteiger partial charge in [-0.1, -0.05) is 18.2 Å². The summed E-state index contributed by atoms with van der Waals surface area (Å²) in [6.07, 6.45) is 1.65. The van der Waals surface area contributed by atoms with E-state index >= 15 is 4.39 Å². The summed E-state index contributed by atoms with van der Waals surface area (Å²) in [5.41, 5.74) is 2.80. The lowest BCUT2D eigenvalue weighted by molar-refractivity contribution is 0.0325. The van der Waals surface area contributed by atoms with Gasteiger partial charge in [0.1, 0.15) is 17.3 Å². The van der Waals surface area contributed by atoms with E-state index in [-0.39, 0.29) is 49.3 Å². The number of Topliss-reactive ketones (excluding diaryl/α,β-unsaturated/α-hetero) is 1. The molecule has 4 unspecified atom stereocenters. The number of halogens is 5. The van der Waals surface area contributed by atoms with Gasteiger partial charge in [0.25, 0.3) is 5.91 Å². The lowest BCUT2D eigenvalue weighted by atomic mass is 9.77. The van der Waals surface area contributed by atoms with Crippen LogP contribution in [0.4, 0.5) is 8.78 Å². The minimum Gasteiger partial charge on any atom is -0.496 e. The minimum atomic E-state index is -1.94. The number of hydrogen-bond acceptors (Lipinski definition) is 7. The quantitative estimate of drug-likeness (QED) is 0.112. The van der Waals surface area contributed by atoms with Crippen LogP contribution in [0.3, 0.4) is 0 Å². The first kappa shape index (κ1) is 36.6. The van der Waals surface area contributed by atoms with Crippen molar-refractivity contribution in [2.75, 3.05) is 28.3 Å². The van der Waals surface area contributed by atoms with Gasteiger partial charge in [-0.15, -0.1) is 47.8 Å². The fraction of sp³-hybridized carbons (Fsp3) is 0.344. The molecule has 1 aliphatic carbocycles. The van der Waals surface area contributed by atoms with Crippen LogP contribution in [0.25, 0.3) is 21.2 Å². The van der Waals surface area contributed by atoms with E-state index in [1.54, 1.807) is 51.7 Å². The van der Waals surface area contributed by atoms with E-state index < -0.39 is 28.9 Å². The van der Waals surface area contributed by atoms with E-state index in [2.05, 4.69) is 15.6 Å². The number of nitrogens with zero attached hydrogens (tertiary/aromatic N) is 2. The molecule has 13 heteroatoms. The Bertz CT molecular complexity index is 1670. The van der Waals surface area contributed by atoms with E-state index in [9.17, 15) is 14.0 Å². The van der Waals surface area contributed by atoms with Gasteiger partial charge in [0, 0.05) is 50.8 Å². The van der Waals surface area contributed by atoms with Crippen LogP contribution in [0, 0.1) is 11.7 Å². The van der Waals surface area contributed by atoms with Gasteiger partial charge >= 0.3 is 0 Å². The number of pyridine rings is 1. The maximum absolute atomic E-state index is 15.8. The molecule has 45 heavy (non-hydrogen) atoms. The largest absolute Gasteiger partial charge is 0.496 e. The number of rotatable bonds is 9. The summed E-state index contributed by atoms with van der Waals surface area (Å²) in [5.74, 6) is -2.91. The first-order valence-corrected chi connectivity index (χ1v) is 15.1. The molecule has 4 atom stereocenters. The van der Waals surface area contributed by atoms with E-state index in [0.29, 0.717) is 33.0 Å². The summed E-state index contributed by atoms with van der Waals surface area (Å²) >= 11 is 7.61. The van der Waals surface area contributed by atoms with Crippen LogP contribution in [-0.4, -0.2) is 67.0 Å². The number of thiophene rings is 1. The van der Waals surface area contributed by atoms with E-state index in [0.717, 1.165) is 28.0 Å². The maximum atomic E-state index is 15.8. The second kappa shape index (κ2) is 15.2. The van der Waals surface area contributed by atoms with Crippen LogP contribution >= 0.6 is 47.8 Å². The monoisotopic (exact) mass is 698 g/mol. The Morgan fingerprint density at radius 1 is 1.13 bits per heavy atom. The first-order chi connectivity index (χ1) is 20.5. The highest BCUT2D eigenvalue weighted by Gasteiger charge is 2.49. The number of alkyl halides is 2. The topological polar surface area (TPSA) is 83.6 Å². The lowest BCUT2D eigenvalue weighted by Gasteiger charge is -2.42. The molecule has 1 amide bonds. The van der Waals surface area contributed by atoms with Crippen LogP contribution in [0.15, 0.2) is 60.8 Å². The number of aromatic nitrogens is 1. The van der Waals surface area contributed by atoms with Crippen molar-refractivity contribution in [1.29, 1.82) is 0 Å². The summed E-state index contributed by atoms with van der Waals surface area (Å²) < 4.78 is 36.2. The molecule has 1 fully saturated rings. The first-order valence-electron chi connectivity index (χ1n) is 13.9. The Hall–Kier alpha value is -2.86. The smallest absolute Gasteiger partial charge is 0.271 e. The molecule has 1 aliphatic rings. The van der Waals surface area contributed by atoms with Gasteiger partial charge in [-0.2, -0.15) is 0 Å². The Morgan fingerprint density at radius 2 is 1.87 bits per heavy atom. The highest BCUT2D eigenvalue weighted by Crippen LogP contribution is 2.41. The molecule has 242 valence electrons. The molecule has 0 spiro atoms. The molecule has 7 nitrogen and oxygen atoms in total. The molecule has 0 aliphatic heterocycles. The van der Waals surface area contributed by atoms with Crippen LogP contribution < -0.4 is 15.4 Å². The Morgan fingerprint density at radius 3 is 2.53 bits per heavy atom. The molecule has 2 N–H and O–H groups in total. The molecule has 4 aromatic rings. The predicted octanol–water partition coefficient (Wildman–Crippen LogP) is 6.90. The number of ketones is 1. The molecule has 5 rings (SSSR count). The zero-order chi connectivity index (χ0) is 30.9. The molecule has 1 saturated carbocycles. The number of carbonyl (C=O) groups is 2. The maximum Gasteiger partial charge on any atom is 0.271 e. The van der Waals surface area contributed by atoms with Crippen molar-refractivity contribution in [1.82, 2.24) is 20.5 Å². The second-order valence-electron chi connectivity index (χ2n) is 10.9. The normalized spacial score (nSPS) is 21.0. The van der Waals surface area contributed by atoms with Crippen molar-refractivity contribution in [3.63, 3.8) is 0 Å². The van der Waals surface area contributed by atoms with Crippen molar-refractivity contribution in [3.8, 4) is 16.9 Å². The van der Waals surface area contributed by atoms with Gasteiger partial charge in [0.2, 0.25) is 0 Å². The summed E-state index contributed by atoms with van der Waals surface area (Å²) in [7, 11) is 6.41. The zero-order valence-electron chi connectivity index (χ0n) is 25.1. The third-order valence-electron chi connectivity index (χ3n) is 8.01. The van der Waals surface area contributed by atoms with Gasteiger partial charge in [0.05, 0.1) is 22.1 Å². The Kier molecular flexibility index (Phi) is 12.3. The number of nitrogens with one attached hydrogen (secondary N) is 2. The number of benzene rings is 2. The van der Waals surface area contributed by atoms with Gasteiger partial charge < -0.3 is 15.0 Å². The Balaban J connectivity index is 0.00000276. The number of amides is 1. The zero-order valence-corrected chi connectivity index (χ0v) is 28.3. The average Bonchev–Trinajstić information content (AvgIpc) is 3.46. The van der Waals surface area contributed by atoms with Crippen molar-refractivity contribution >= 4 is 69.5 Å². The molecule has 2 aromatic carbocycles. The van der Waals surface area contributed by atoms with Crippen molar-refractivity contribution in [2.45, 2.75) is 36.6 Å². The second-order valence-corrected chi connectivity index (χ2v) is 12.5.